The monoisotopic (exact) mass is 326 g/mol. The zero-order valence-corrected chi connectivity index (χ0v) is 13.8. The third-order valence-electron chi connectivity index (χ3n) is 4.31. The van der Waals surface area contributed by atoms with E-state index in [0.29, 0.717) is 24.8 Å². The third kappa shape index (κ3) is 4.11. The van der Waals surface area contributed by atoms with Gasteiger partial charge in [-0.1, -0.05) is 25.1 Å². The lowest BCUT2D eigenvalue weighted by molar-refractivity contribution is -0.144. The van der Waals surface area contributed by atoms with E-state index in [1.807, 2.05) is 36.4 Å². The Bertz CT molecular complexity index is 690. The van der Waals surface area contributed by atoms with Crippen LogP contribution in [0.15, 0.2) is 48.8 Å². The fraction of sp³-hybridized carbons (Fsp3) is 0.368. The first kappa shape index (κ1) is 16.5. The third-order valence-corrected chi connectivity index (χ3v) is 4.31. The van der Waals surface area contributed by atoms with Gasteiger partial charge in [0.2, 0.25) is 0 Å². The van der Waals surface area contributed by atoms with Crippen molar-refractivity contribution in [2.45, 2.75) is 19.9 Å². The first-order valence-electron chi connectivity index (χ1n) is 8.22. The zero-order valence-electron chi connectivity index (χ0n) is 13.8. The Morgan fingerprint density at radius 2 is 2.12 bits per heavy atom. The molecule has 0 spiro atoms. The zero-order chi connectivity index (χ0) is 16.9. The van der Waals surface area contributed by atoms with Gasteiger partial charge in [0.25, 0.3) is 0 Å². The highest BCUT2D eigenvalue weighted by atomic mass is 16.5. The fourth-order valence-electron chi connectivity index (χ4n) is 3.28. The minimum Gasteiger partial charge on any atom is -0.481 e. The molecule has 2 unspecified atom stereocenters. The van der Waals surface area contributed by atoms with E-state index in [0.717, 1.165) is 24.3 Å². The van der Waals surface area contributed by atoms with Crippen molar-refractivity contribution in [2.75, 3.05) is 13.1 Å². The van der Waals surface area contributed by atoms with Crippen molar-refractivity contribution < 1.29 is 14.6 Å². The molecule has 1 aliphatic heterocycles. The number of aromatic nitrogens is 1. The van der Waals surface area contributed by atoms with Gasteiger partial charge in [-0.05, 0) is 30.5 Å². The van der Waals surface area contributed by atoms with E-state index >= 15 is 0 Å². The molecule has 24 heavy (non-hydrogen) atoms. The van der Waals surface area contributed by atoms with Crippen LogP contribution in [0.5, 0.6) is 11.5 Å². The molecule has 0 aliphatic carbocycles. The minimum absolute atomic E-state index is 0.292. The predicted octanol–water partition coefficient (Wildman–Crippen LogP) is 3.42. The second-order valence-electron chi connectivity index (χ2n) is 6.47. The van der Waals surface area contributed by atoms with Gasteiger partial charge >= 0.3 is 5.97 Å². The number of rotatable bonds is 5. The molecule has 1 aromatic carbocycles. The number of pyridine rings is 1. The molecule has 3 rings (SSSR count). The highest BCUT2D eigenvalue weighted by Crippen LogP contribution is 2.28. The maximum absolute atomic E-state index is 11.3. The summed E-state index contributed by atoms with van der Waals surface area (Å²) < 4.78 is 5.95. The maximum Gasteiger partial charge on any atom is 0.307 e. The van der Waals surface area contributed by atoms with Gasteiger partial charge < -0.3 is 9.84 Å². The van der Waals surface area contributed by atoms with Crippen LogP contribution in [-0.2, 0) is 11.3 Å². The summed E-state index contributed by atoms with van der Waals surface area (Å²) >= 11 is 0. The summed E-state index contributed by atoms with van der Waals surface area (Å²) in [6.45, 7) is 4.29. The average Bonchev–Trinajstić information content (AvgIpc) is 2.57. The number of carboxylic acid groups (broad SMARTS) is 1. The molecule has 0 amide bonds. The van der Waals surface area contributed by atoms with Crippen LogP contribution < -0.4 is 4.74 Å². The molecule has 0 radical (unpaired) electrons. The number of carbonyl (C=O) groups is 1. The van der Waals surface area contributed by atoms with E-state index < -0.39 is 5.97 Å². The summed E-state index contributed by atoms with van der Waals surface area (Å²) in [6, 6.07) is 11.6. The number of nitrogens with zero attached hydrogens (tertiary/aromatic N) is 2. The molecule has 1 aromatic heterocycles. The van der Waals surface area contributed by atoms with Crippen LogP contribution >= 0.6 is 0 Å². The molecule has 1 fully saturated rings. The van der Waals surface area contributed by atoms with Crippen LogP contribution in [0.1, 0.15) is 18.9 Å². The van der Waals surface area contributed by atoms with Crippen LogP contribution in [0, 0.1) is 11.8 Å². The molecule has 126 valence electrons. The quantitative estimate of drug-likeness (QED) is 0.912. The molecule has 1 aliphatic rings. The summed E-state index contributed by atoms with van der Waals surface area (Å²) in [7, 11) is 0. The lowest BCUT2D eigenvalue weighted by atomic mass is 9.90. The summed E-state index contributed by atoms with van der Waals surface area (Å²) in [4.78, 5) is 17.6. The number of hydrogen-bond acceptors (Lipinski definition) is 4. The number of hydrogen-bond donors (Lipinski definition) is 1. The van der Waals surface area contributed by atoms with E-state index in [2.05, 4.69) is 16.8 Å². The van der Waals surface area contributed by atoms with Crippen LogP contribution in [0.3, 0.4) is 0 Å². The number of carboxylic acids is 1. The van der Waals surface area contributed by atoms with E-state index in [1.54, 1.807) is 12.4 Å². The van der Waals surface area contributed by atoms with Crippen molar-refractivity contribution in [3.05, 3.63) is 54.4 Å². The summed E-state index contributed by atoms with van der Waals surface area (Å²) in [5, 5.41) is 9.33. The van der Waals surface area contributed by atoms with Gasteiger partial charge in [-0.3, -0.25) is 14.7 Å². The molecular weight excluding hydrogens is 304 g/mol. The van der Waals surface area contributed by atoms with Gasteiger partial charge in [0.15, 0.2) is 0 Å². The second-order valence-corrected chi connectivity index (χ2v) is 6.47. The lowest BCUT2D eigenvalue weighted by Gasteiger charge is -2.34. The Kier molecular flexibility index (Phi) is 5.11. The number of piperidine rings is 1. The number of para-hydroxylation sites is 1. The predicted molar refractivity (Wildman–Crippen MR) is 90.9 cm³/mol. The van der Waals surface area contributed by atoms with Gasteiger partial charge in [0.05, 0.1) is 12.1 Å². The fourth-order valence-corrected chi connectivity index (χ4v) is 3.28. The molecule has 2 aromatic rings. The minimum atomic E-state index is -0.702. The maximum atomic E-state index is 11.3. The van der Waals surface area contributed by atoms with Crippen molar-refractivity contribution in [2.24, 2.45) is 11.8 Å². The van der Waals surface area contributed by atoms with Crippen molar-refractivity contribution >= 4 is 5.97 Å². The normalized spacial score (nSPS) is 21.4. The Morgan fingerprint density at radius 3 is 2.88 bits per heavy atom. The van der Waals surface area contributed by atoms with Crippen molar-refractivity contribution in [3.8, 4) is 11.5 Å². The number of ether oxygens (including phenoxy) is 1. The Hall–Kier alpha value is -2.40. The van der Waals surface area contributed by atoms with Crippen LogP contribution in [0.2, 0.25) is 0 Å². The highest BCUT2D eigenvalue weighted by molar-refractivity contribution is 5.70. The van der Waals surface area contributed by atoms with Crippen LogP contribution in [-0.4, -0.2) is 34.0 Å². The molecule has 2 atom stereocenters. The van der Waals surface area contributed by atoms with Crippen molar-refractivity contribution in [1.29, 1.82) is 0 Å². The number of aliphatic carboxylic acids is 1. The summed E-state index contributed by atoms with van der Waals surface area (Å²) in [5.41, 5.74) is 1.06. The Balaban J connectivity index is 1.74. The standard InChI is InChI=1S/C19H22N2O3/c1-14-9-16(19(22)23)13-21(11-14)12-15-5-2-3-7-18(15)24-17-6-4-8-20-10-17/h2-8,10,14,16H,9,11-13H2,1H3,(H,22,23). The molecule has 5 nitrogen and oxygen atoms in total. The smallest absolute Gasteiger partial charge is 0.307 e. The Morgan fingerprint density at radius 1 is 1.29 bits per heavy atom. The first-order valence-corrected chi connectivity index (χ1v) is 8.22. The number of likely N-dealkylation sites (tertiary alicyclic amines) is 1. The molecule has 5 heteroatoms. The first-order chi connectivity index (χ1) is 11.6. The molecular formula is C19H22N2O3. The Labute approximate surface area is 141 Å². The van der Waals surface area contributed by atoms with Gasteiger partial charge in [0, 0.05) is 31.4 Å². The largest absolute Gasteiger partial charge is 0.481 e. The number of benzene rings is 1. The summed E-state index contributed by atoms with van der Waals surface area (Å²) in [6.07, 6.45) is 4.14. The lowest BCUT2D eigenvalue weighted by Crippen LogP contribution is -2.42. The van der Waals surface area contributed by atoms with Crippen molar-refractivity contribution in [3.63, 3.8) is 0 Å². The topological polar surface area (TPSA) is 62.7 Å². The SMILES string of the molecule is CC1CC(C(=O)O)CN(Cc2ccccc2Oc2cccnc2)C1. The molecule has 0 bridgehead atoms. The second kappa shape index (κ2) is 7.45. The van der Waals surface area contributed by atoms with Crippen LogP contribution in [0.4, 0.5) is 0 Å². The molecule has 1 saturated heterocycles. The van der Waals surface area contributed by atoms with Gasteiger partial charge in [-0.25, -0.2) is 0 Å². The van der Waals surface area contributed by atoms with E-state index in [9.17, 15) is 9.90 Å². The summed E-state index contributed by atoms with van der Waals surface area (Å²) in [5.74, 6) is 0.869. The van der Waals surface area contributed by atoms with E-state index in [1.165, 1.54) is 0 Å². The average molecular weight is 326 g/mol. The molecule has 2 heterocycles. The van der Waals surface area contributed by atoms with Crippen molar-refractivity contribution in [1.82, 2.24) is 9.88 Å². The van der Waals surface area contributed by atoms with Crippen LogP contribution in [0.25, 0.3) is 0 Å². The van der Waals surface area contributed by atoms with Gasteiger partial charge in [-0.2, -0.15) is 0 Å². The molecule has 1 N–H and O–H groups in total. The van der Waals surface area contributed by atoms with E-state index in [-0.39, 0.29) is 5.92 Å². The highest BCUT2D eigenvalue weighted by Gasteiger charge is 2.29. The van der Waals surface area contributed by atoms with E-state index in [4.69, 9.17) is 4.74 Å². The van der Waals surface area contributed by atoms with Gasteiger partial charge in [-0.15, -0.1) is 0 Å². The van der Waals surface area contributed by atoms with Gasteiger partial charge in [0.1, 0.15) is 11.5 Å². The molecule has 0 saturated carbocycles.